The monoisotopic (exact) mass is 605 g/mol. The molecule has 3 N–H and O–H groups in total. The molecule has 0 spiro atoms. The minimum Gasteiger partial charge on any atom is -0.450 e. The summed E-state index contributed by atoms with van der Waals surface area (Å²) >= 11 is 6.63. The van der Waals surface area contributed by atoms with Gasteiger partial charge in [-0.3, -0.25) is 9.88 Å². The maximum atomic E-state index is 15.7. The van der Waals surface area contributed by atoms with Crippen molar-refractivity contribution in [1.29, 1.82) is 0 Å². The molecule has 0 bridgehead atoms. The van der Waals surface area contributed by atoms with E-state index in [-0.39, 0.29) is 52.0 Å². The Morgan fingerprint density at radius 1 is 1.24 bits per heavy atom. The van der Waals surface area contributed by atoms with Crippen LogP contribution in [-0.2, 0) is 19.8 Å². The van der Waals surface area contributed by atoms with Crippen molar-refractivity contribution >= 4 is 40.2 Å². The first-order valence-electron chi connectivity index (χ1n) is 12.9. The molecule has 0 radical (unpaired) electrons. The van der Waals surface area contributed by atoms with Crippen LogP contribution < -0.4 is 15.8 Å². The smallest absolute Gasteiger partial charge is 0.416 e. The predicted octanol–water partition coefficient (Wildman–Crippen LogP) is 4.79. The quantitative estimate of drug-likeness (QED) is 0.216. The average Bonchev–Trinajstić information content (AvgIpc) is 3.55. The van der Waals surface area contributed by atoms with Gasteiger partial charge in [0.05, 0.1) is 23.6 Å². The highest BCUT2D eigenvalue weighted by Gasteiger charge is 2.34. The maximum absolute atomic E-state index is 15.7. The van der Waals surface area contributed by atoms with E-state index in [1.54, 1.807) is 7.05 Å². The Kier molecular flexibility index (Phi) is 8.21. The van der Waals surface area contributed by atoms with Gasteiger partial charge < -0.3 is 25.3 Å². The number of aryl methyl sites for hydroxylation is 1. The summed E-state index contributed by atoms with van der Waals surface area (Å²) in [5.41, 5.74) is 5.11. The normalized spacial score (nSPS) is 16.5. The number of ether oxygens (including phenoxy) is 1. The van der Waals surface area contributed by atoms with Gasteiger partial charge in [-0.2, -0.15) is 18.2 Å². The van der Waals surface area contributed by atoms with E-state index >= 15 is 4.39 Å². The molecule has 10 nitrogen and oxygen atoms in total. The van der Waals surface area contributed by atoms with Crippen LogP contribution in [0.15, 0.2) is 43.1 Å². The zero-order chi connectivity index (χ0) is 30.2. The van der Waals surface area contributed by atoms with Crippen molar-refractivity contribution in [2.45, 2.75) is 25.2 Å². The summed E-state index contributed by atoms with van der Waals surface area (Å²) in [5.74, 6) is -0.485. The number of imidazole rings is 1. The third-order valence-corrected chi connectivity index (χ3v) is 7.45. The first-order valence-corrected chi connectivity index (χ1v) is 13.3. The Labute approximate surface area is 243 Å². The molecular weight excluding hydrogens is 578 g/mol. The van der Waals surface area contributed by atoms with Gasteiger partial charge in [-0.05, 0) is 32.6 Å². The largest absolute Gasteiger partial charge is 0.450 e. The first-order chi connectivity index (χ1) is 20.0. The fourth-order valence-corrected chi connectivity index (χ4v) is 5.10. The molecule has 4 aromatic rings. The lowest BCUT2D eigenvalue weighted by atomic mass is 10.1. The molecule has 1 aromatic carbocycles. The van der Waals surface area contributed by atoms with Gasteiger partial charge in [0.15, 0.2) is 23.0 Å². The van der Waals surface area contributed by atoms with Crippen LogP contribution in [0, 0.1) is 5.82 Å². The van der Waals surface area contributed by atoms with Gasteiger partial charge in [-0.15, -0.1) is 0 Å². The fourth-order valence-electron chi connectivity index (χ4n) is 4.81. The highest BCUT2D eigenvalue weighted by atomic mass is 35.5. The lowest BCUT2D eigenvalue weighted by molar-refractivity contribution is -0.137. The number of fused-ring (bicyclic) bond motifs is 1. The summed E-state index contributed by atoms with van der Waals surface area (Å²) in [6.07, 6.45) is 3.08. The predicted molar refractivity (Wildman–Crippen MR) is 150 cm³/mol. The Hall–Kier alpha value is -4.01. The van der Waals surface area contributed by atoms with Crippen LogP contribution in [0.5, 0.6) is 5.75 Å². The third kappa shape index (κ3) is 5.96. The lowest BCUT2D eigenvalue weighted by Gasteiger charge is -2.22. The van der Waals surface area contributed by atoms with Crippen molar-refractivity contribution in [3.8, 4) is 5.75 Å². The lowest BCUT2D eigenvalue weighted by Crippen LogP contribution is -2.31. The van der Waals surface area contributed by atoms with E-state index in [9.17, 15) is 13.2 Å². The molecule has 3 aromatic heterocycles. The zero-order valence-electron chi connectivity index (χ0n) is 23.0. The minimum absolute atomic E-state index is 0.0260. The van der Waals surface area contributed by atoms with Gasteiger partial charge >= 0.3 is 6.18 Å². The summed E-state index contributed by atoms with van der Waals surface area (Å²) in [7, 11) is 5.45. The Bertz CT molecular complexity index is 1630. The van der Waals surface area contributed by atoms with E-state index in [1.165, 1.54) is 35.6 Å². The number of pyridine rings is 1. The number of rotatable bonds is 8. The van der Waals surface area contributed by atoms with Crippen molar-refractivity contribution in [2.24, 2.45) is 12.8 Å². The Balaban J connectivity index is 1.47. The summed E-state index contributed by atoms with van der Waals surface area (Å²) in [4.78, 5) is 20.7. The average molecular weight is 606 g/mol. The molecular formula is C27H28ClF4N9O. The van der Waals surface area contributed by atoms with Crippen molar-refractivity contribution < 1.29 is 22.3 Å². The number of hydrogen-bond donors (Lipinski definition) is 2. The van der Waals surface area contributed by atoms with E-state index in [0.29, 0.717) is 24.3 Å². The number of nitrogens with zero attached hydrogens (tertiary/aromatic N) is 7. The van der Waals surface area contributed by atoms with E-state index in [2.05, 4.69) is 30.2 Å². The van der Waals surface area contributed by atoms with E-state index in [0.717, 1.165) is 18.6 Å². The minimum atomic E-state index is -4.68. The second kappa shape index (κ2) is 11.7. The summed E-state index contributed by atoms with van der Waals surface area (Å²) in [6, 6.07) is 1.84. The number of aromatic nitrogens is 5. The maximum Gasteiger partial charge on any atom is 0.416 e. The number of nitrogens with one attached hydrogen (secondary N) is 1. The van der Waals surface area contributed by atoms with Crippen LogP contribution in [0.25, 0.3) is 16.9 Å². The number of likely N-dealkylation sites (tertiary alicyclic amines) is 1. The Morgan fingerprint density at radius 3 is 2.67 bits per heavy atom. The number of nitrogens with two attached hydrogens (primary N) is 1. The van der Waals surface area contributed by atoms with Gasteiger partial charge in [-0.25, -0.2) is 14.4 Å². The molecule has 0 saturated carbocycles. The molecule has 1 atom stereocenters. The van der Waals surface area contributed by atoms with Crippen LogP contribution in [0.1, 0.15) is 23.2 Å². The van der Waals surface area contributed by atoms with E-state index < -0.39 is 17.6 Å². The number of hydrogen-bond acceptors (Lipinski definition) is 9. The molecule has 222 valence electrons. The fraction of sp³-hybridized carbons (Fsp3) is 0.333. The summed E-state index contributed by atoms with van der Waals surface area (Å²) in [6.45, 7) is 1.31. The first kappa shape index (κ1) is 29.5. The molecule has 0 amide bonds. The van der Waals surface area contributed by atoms with Crippen molar-refractivity contribution in [3.63, 3.8) is 0 Å². The molecule has 15 heteroatoms. The van der Waals surface area contributed by atoms with Gasteiger partial charge in [0.25, 0.3) is 0 Å². The number of benzene rings is 1. The Morgan fingerprint density at radius 2 is 2.02 bits per heavy atom. The molecule has 1 unspecified atom stereocenters. The van der Waals surface area contributed by atoms with Crippen LogP contribution >= 0.6 is 11.6 Å². The van der Waals surface area contributed by atoms with Crippen molar-refractivity contribution in [3.05, 3.63) is 70.8 Å². The highest BCUT2D eigenvalue weighted by Crippen LogP contribution is 2.38. The molecule has 1 saturated heterocycles. The van der Waals surface area contributed by atoms with Crippen molar-refractivity contribution in [1.82, 2.24) is 34.3 Å². The molecule has 1 fully saturated rings. The molecule has 1 aliphatic rings. The second-order valence-corrected chi connectivity index (χ2v) is 10.5. The van der Waals surface area contributed by atoms with Crippen LogP contribution in [-0.4, -0.2) is 67.5 Å². The van der Waals surface area contributed by atoms with Crippen LogP contribution in [0.4, 0.5) is 29.2 Å². The molecule has 5 rings (SSSR count). The second-order valence-electron chi connectivity index (χ2n) is 10.1. The SMILES string of the molecule is CN(C)C1CCN(Cc2cc(C(F)(F)F)cc(Nc3nc4ncc(OC(=CN)c5cnccn5)c(Cl)c4n3C)c2F)C1. The van der Waals surface area contributed by atoms with E-state index in [4.69, 9.17) is 22.1 Å². The standard InChI is InChI=1S/C27H28ClF4N9O/c1-39(2)17-4-7-41(14-17)13-15-8-16(27(30,31)32)9-18(23(15)29)37-26-38-25-24(40(26)3)22(28)21(12-36-25)42-20(10-33)19-11-34-5-6-35-19/h5-6,8-12,17H,4,7,13-14,33H2,1-3H3,(H,36,37,38). The molecule has 1 aliphatic heterocycles. The van der Waals surface area contributed by atoms with Crippen LogP contribution in [0.2, 0.25) is 5.02 Å². The van der Waals surface area contributed by atoms with Gasteiger partial charge in [0.2, 0.25) is 5.95 Å². The number of anilines is 2. The molecule has 4 heterocycles. The highest BCUT2D eigenvalue weighted by molar-refractivity contribution is 6.36. The van der Waals surface area contributed by atoms with E-state index in [1.807, 2.05) is 19.0 Å². The van der Waals surface area contributed by atoms with Gasteiger partial charge in [0, 0.05) is 56.9 Å². The topological polar surface area (TPSA) is 110 Å². The number of likely N-dealkylation sites (N-methyl/N-ethyl adjacent to an activating group) is 1. The molecule has 0 aliphatic carbocycles. The third-order valence-electron chi connectivity index (χ3n) is 7.09. The zero-order valence-corrected chi connectivity index (χ0v) is 23.7. The van der Waals surface area contributed by atoms with Crippen LogP contribution in [0.3, 0.4) is 0 Å². The van der Waals surface area contributed by atoms with Gasteiger partial charge in [-0.1, -0.05) is 11.6 Å². The number of alkyl halides is 3. The van der Waals surface area contributed by atoms with Gasteiger partial charge in [0.1, 0.15) is 16.2 Å². The number of halogens is 5. The van der Waals surface area contributed by atoms with Crippen molar-refractivity contribution in [2.75, 3.05) is 32.5 Å². The summed E-state index contributed by atoms with van der Waals surface area (Å²) in [5, 5.41) is 2.82. The summed E-state index contributed by atoms with van der Waals surface area (Å²) < 4.78 is 64.5. The molecule has 42 heavy (non-hydrogen) atoms.